The summed E-state index contributed by atoms with van der Waals surface area (Å²) in [6.07, 6.45) is 1.28. The highest BCUT2D eigenvalue weighted by Gasteiger charge is 2.35. The summed E-state index contributed by atoms with van der Waals surface area (Å²) in [5, 5.41) is 2.71. The smallest absolute Gasteiger partial charge is 0.263 e. The van der Waals surface area contributed by atoms with Crippen LogP contribution in [-0.4, -0.2) is 42.9 Å². The van der Waals surface area contributed by atoms with Crippen molar-refractivity contribution in [3.63, 3.8) is 0 Å². The van der Waals surface area contributed by atoms with Crippen molar-refractivity contribution in [3.05, 3.63) is 24.1 Å². The molecule has 5 nitrogen and oxygen atoms in total. The molecule has 7 heteroatoms. The molecule has 2 rings (SSSR count). The van der Waals surface area contributed by atoms with Crippen LogP contribution in [0.25, 0.3) is 0 Å². The Hall–Kier alpha value is -1.05. The molecule has 1 N–H and O–H groups in total. The maximum absolute atomic E-state index is 13.5. The Kier molecular flexibility index (Phi) is 3.39. The minimum atomic E-state index is -3.86. The van der Waals surface area contributed by atoms with Crippen molar-refractivity contribution >= 4 is 10.0 Å². The van der Waals surface area contributed by atoms with Crippen molar-refractivity contribution in [1.29, 1.82) is 0 Å². The topological polar surface area (TPSA) is 62.3 Å². The van der Waals surface area contributed by atoms with Gasteiger partial charge in [-0.2, -0.15) is 4.31 Å². The van der Waals surface area contributed by atoms with Crippen LogP contribution in [0, 0.1) is 5.82 Å². The molecule has 1 aromatic rings. The molecule has 0 aromatic carbocycles. The number of nitrogens with one attached hydrogen (secondary N) is 1. The molecular weight excluding hydrogens is 257 g/mol. The van der Waals surface area contributed by atoms with Crippen molar-refractivity contribution in [2.75, 3.05) is 19.6 Å². The molecule has 18 heavy (non-hydrogen) atoms. The summed E-state index contributed by atoms with van der Waals surface area (Å²) in [5.74, 6) is -0.811. The fraction of sp³-hybridized carbons (Fsp3) is 0.545. The fourth-order valence-electron chi connectivity index (χ4n) is 1.98. The van der Waals surface area contributed by atoms with Gasteiger partial charge < -0.3 is 5.32 Å². The van der Waals surface area contributed by atoms with Crippen molar-refractivity contribution in [3.8, 4) is 0 Å². The van der Waals surface area contributed by atoms with Crippen LogP contribution in [0.1, 0.15) is 13.8 Å². The van der Waals surface area contributed by atoms with E-state index in [4.69, 9.17) is 0 Å². The van der Waals surface area contributed by atoms with Gasteiger partial charge in [0.1, 0.15) is 0 Å². The van der Waals surface area contributed by atoms with Crippen molar-refractivity contribution in [2.45, 2.75) is 24.4 Å². The third-order valence-electron chi connectivity index (χ3n) is 2.85. The second kappa shape index (κ2) is 4.56. The Labute approximate surface area is 106 Å². The Morgan fingerprint density at radius 1 is 1.50 bits per heavy atom. The second-order valence-electron chi connectivity index (χ2n) is 4.94. The third-order valence-corrected chi connectivity index (χ3v) is 4.63. The molecule has 0 aliphatic carbocycles. The molecule has 1 aliphatic heterocycles. The van der Waals surface area contributed by atoms with Crippen LogP contribution in [0.2, 0.25) is 0 Å². The van der Waals surface area contributed by atoms with E-state index in [0.717, 1.165) is 6.07 Å². The van der Waals surface area contributed by atoms with Crippen molar-refractivity contribution in [2.24, 2.45) is 0 Å². The summed E-state index contributed by atoms with van der Waals surface area (Å²) in [7, 11) is -3.86. The molecule has 0 spiro atoms. The molecular formula is C11H16FN3O2S. The molecule has 0 radical (unpaired) electrons. The lowest BCUT2D eigenvalue weighted by atomic mass is 10.0. The van der Waals surface area contributed by atoms with Gasteiger partial charge in [-0.25, -0.2) is 17.8 Å². The predicted molar refractivity (Wildman–Crippen MR) is 65.0 cm³/mol. The lowest BCUT2D eigenvalue weighted by molar-refractivity contribution is 0.232. The molecule has 2 heterocycles. The molecule has 0 amide bonds. The first kappa shape index (κ1) is 13.4. The van der Waals surface area contributed by atoms with Crippen LogP contribution in [-0.2, 0) is 10.0 Å². The summed E-state index contributed by atoms with van der Waals surface area (Å²) in [6, 6.07) is 2.48. The fourth-order valence-corrected chi connectivity index (χ4v) is 3.56. The van der Waals surface area contributed by atoms with E-state index in [2.05, 4.69) is 10.3 Å². The number of rotatable bonds is 2. The molecule has 1 fully saturated rings. The minimum Gasteiger partial charge on any atom is -0.309 e. The molecule has 100 valence electrons. The lowest BCUT2D eigenvalue weighted by Gasteiger charge is -2.38. The van der Waals surface area contributed by atoms with Gasteiger partial charge in [-0.15, -0.1) is 0 Å². The average Bonchev–Trinajstić information content (AvgIpc) is 2.28. The summed E-state index contributed by atoms with van der Waals surface area (Å²) in [5.41, 5.74) is -0.323. The first-order valence-corrected chi connectivity index (χ1v) is 7.13. The van der Waals surface area contributed by atoms with E-state index < -0.39 is 20.9 Å². The number of hydrogen-bond donors (Lipinski definition) is 1. The average molecular weight is 273 g/mol. The molecule has 0 unspecified atom stereocenters. The highest BCUT2D eigenvalue weighted by Crippen LogP contribution is 2.20. The number of halogens is 1. The zero-order chi connectivity index (χ0) is 13.4. The van der Waals surface area contributed by atoms with Crippen LogP contribution in [0.3, 0.4) is 0 Å². The highest BCUT2D eigenvalue weighted by molar-refractivity contribution is 7.89. The molecule has 0 atom stereocenters. The standard InChI is InChI=1S/C11H16FN3O2S/c1-11(2)8-15(7-6-14-11)18(16,17)10-9(12)4-3-5-13-10/h3-5,14H,6-8H2,1-2H3. The van der Waals surface area contributed by atoms with E-state index in [1.165, 1.54) is 16.6 Å². The van der Waals surface area contributed by atoms with Gasteiger partial charge in [0.2, 0.25) is 5.03 Å². The van der Waals surface area contributed by atoms with Crippen LogP contribution >= 0.6 is 0 Å². The van der Waals surface area contributed by atoms with E-state index in [-0.39, 0.29) is 5.54 Å². The van der Waals surface area contributed by atoms with Gasteiger partial charge in [-0.05, 0) is 26.0 Å². The van der Waals surface area contributed by atoms with E-state index in [9.17, 15) is 12.8 Å². The maximum atomic E-state index is 13.5. The van der Waals surface area contributed by atoms with E-state index in [1.807, 2.05) is 13.8 Å². The second-order valence-corrected chi connectivity index (χ2v) is 6.79. The molecule has 1 aliphatic rings. The lowest BCUT2D eigenvalue weighted by Crippen LogP contribution is -2.58. The quantitative estimate of drug-likeness (QED) is 0.857. The van der Waals surface area contributed by atoms with Crippen LogP contribution in [0.5, 0.6) is 0 Å². The van der Waals surface area contributed by atoms with Crippen LogP contribution < -0.4 is 5.32 Å². The van der Waals surface area contributed by atoms with E-state index in [0.29, 0.717) is 19.6 Å². The van der Waals surface area contributed by atoms with Crippen LogP contribution in [0.4, 0.5) is 4.39 Å². The number of pyridine rings is 1. The van der Waals surface area contributed by atoms with Gasteiger partial charge in [0, 0.05) is 31.4 Å². The first-order chi connectivity index (χ1) is 8.33. The van der Waals surface area contributed by atoms with Gasteiger partial charge in [0.15, 0.2) is 5.82 Å². The number of sulfonamides is 1. The molecule has 1 aromatic heterocycles. The predicted octanol–water partition coefficient (Wildman–Crippen LogP) is 0.593. The Balaban J connectivity index is 2.35. The highest BCUT2D eigenvalue weighted by atomic mass is 32.2. The van der Waals surface area contributed by atoms with Gasteiger partial charge in [0.25, 0.3) is 10.0 Å². The summed E-state index contributed by atoms with van der Waals surface area (Å²) < 4.78 is 39.4. The van der Waals surface area contributed by atoms with Crippen molar-refractivity contribution < 1.29 is 12.8 Å². The number of piperazine rings is 1. The van der Waals surface area contributed by atoms with E-state index in [1.54, 1.807) is 0 Å². The SMILES string of the molecule is CC1(C)CN(S(=O)(=O)c2ncccc2F)CCN1. The molecule has 1 saturated heterocycles. The Morgan fingerprint density at radius 3 is 2.83 bits per heavy atom. The van der Waals surface area contributed by atoms with Gasteiger partial charge in [0.05, 0.1) is 0 Å². The van der Waals surface area contributed by atoms with Gasteiger partial charge in [-0.1, -0.05) is 0 Å². The first-order valence-electron chi connectivity index (χ1n) is 5.69. The molecule has 0 saturated carbocycles. The number of hydrogen-bond acceptors (Lipinski definition) is 4. The van der Waals surface area contributed by atoms with Crippen molar-refractivity contribution in [1.82, 2.24) is 14.6 Å². The normalized spacial score (nSPS) is 20.8. The van der Waals surface area contributed by atoms with Gasteiger partial charge >= 0.3 is 0 Å². The monoisotopic (exact) mass is 273 g/mol. The Morgan fingerprint density at radius 2 is 2.22 bits per heavy atom. The summed E-state index contributed by atoms with van der Waals surface area (Å²) in [4.78, 5) is 3.65. The third kappa shape index (κ3) is 2.52. The zero-order valence-electron chi connectivity index (χ0n) is 10.4. The van der Waals surface area contributed by atoms with E-state index >= 15 is 0 Å². The van der Waals surface area contributed by atoms with Gasteiger partial charge in [-0.3, -0.25) is 0 Å². The minimum absolute atomic E-state index is 0.297. The number of aromatic nitrogens is 1. The summed E-state index contributed by atoms with van der Waals surface area (Å²) in [6.45, 7) is 4.97. The maximum Gasteiger partial charge on any atom is 0.263 e. The van der Waals surface area contributed by atoms with Crippen LogP contribution in [0.15, 0.2) is 23.4 Å². The summed E-state index contributed by atoms with van der Waals surface area (Å²) >= 11 is 0. The largest absolute Gasteiger partial charge is 0.309 e. The number of nitrogens with zero attached hydrogens (tertiary/aromatic N) is 2. The zero-order valence-corrected chi connectivity index (χ0v) is 11.2. The molecule has 0 bridgehead atoms. The Bertz CT molecular complexity index is 545.